The summed E-state index contributed by atoms with van der Waals surface area (Å²) in [6.07, 6.45) is 3.03. The van der Waals surface area contributed by atoms with Crippen LogP contribution >= 0.6 is 0 Å². The maximum absolute atomic E-state index is 13.8. The zero-order chi connectivity index (χ0) is 37.3. The van der Waals surface area contributed by atoms with Gasteiger partial charge in [0, 0.05) is 45.2 Å². The lowest BCUT2D eigenvalue weighted by molar-refractivity contribution is -0.132. The van der Waals surface area contributed by atoms with Crippen LogP contribution in [0.3, 0.4) is 0 Å². The molecule has 53 heavy (non-hydrogen) atoms. The maximum Gasteiger partial charge on any atom is 0.300 e. The number of methoxy groups -OCH3 is 1. The number of benzene rings is 4. The summed E-state index contributed by atoms with van der Waals surface area (Å²) >= 11 is 0. The summed E-state index contributed by atoms with van der Waals surface area (Å²) in [5.74, 6) is 1.10. The number of carbonyl (C=O) groups excluding carboxylic acids is 3. The number of imidazole rings is 1. The lowest BCUT2D eigenvalue weighted by Crippen LogP contribution is -2.47. The summed E-state index contributed by atoms with van der Waals surface area (Å²) < 4.78 is 17.6. The molecule has 0 radical (unpaired) electrons. The van der Waals surface area contributed by atoms with Crippen LogP contribution in [0.2, 0.25) is 0 Å². The average molecular weight is 719 g/mol. The van der Waals surface area contributed by atoms with Crippen molar-refractivity contribution in [2.75, 3.05) is 64.2 Å². The van der Waals surface area contributed by atoms with E-state index in [1.807, 2.05) is 66.4 Å². The van der Waals surface area contributed by atoms with Gasteiger partial charge in [0.15, 0.2) is 0 Å². The van der Waals surface area contributed by atoms with E-state index in [0.717, 1.165) is 51.0 Å². The number of amides is 3. The van der Waals surface area contributed by atoms with Crippen LogP contribution in [-0.4, -0.2) is 91.5 Å². The molecule has 6 rings (SSSR count). The van der Waals surface area contributed by atoms with Gasteiger partial charge in [0.1, 0.15) is 22.8 Å². The van der Waals surface area contributed by atoms with Crippen LogP contribution in [0, 0.1) is 6.92 Å². The van der Waals surface area contributed by atoms with Crippen molar-refractivity contribution >= 4 is 40.1 Å². The van der Waals surface area contributed by atoms with E-state index in [4.69, 9.17) is 14.2 Å². The summed E-state index contributed by atoms with van der Waals surface area (Å²) in [7, 11) is 5.27. The van der Waals surface area contributed by atoms with Gasteiger partial charge >= 0.3 is 0 Å². The van der Waals surface area contributed by atoms with Gasteiger partial charge in [-0.05, 0) is 93.4 Å². The number of para-hydroxylation sites is 2. The van der Waals surface area contributed by atoms with Crippen molar-refractivity contribution in [2.24, 2.45) is 0 Å². The Morgan fingerprint density at radius 1 is 0.887 bits per heavy atom. The third kappa shape index (κ3) is 9.14. The van der Waals surface area contributed by atoms with Crippen molar-refractivity contribution in [3.63, 3.8) is 0 Å². The molecule has 2 heterocycles. The molecule has 1 fully saturated rings. The van der Waals surface area contributed by atoms with Crippen molar-refractivity contribution in [1.29, 1.82) is 0 Å². The van der Waals surface area contributed by atoms with Crippen LogP contribution in [-0.2, 0) is 4.79 Å². The van der Waals surface area contributed by atoms with E-state index in [9.17, 15) is 14.4 Å². The molecule has 0 atom stereocenters. The van der Waals surface area contributed by atoms with Crippen LogP contribution in [0.1, 0.15) is 52.0 Å². The number of nitrogens with zero attached hydrogens (tertiary/aromatic N) is 4. The molecule has 0 aliphatic carbocycles. The van der Waals surface area contributed by atoms with E-state index < -0.39 is 5.91 Å². The van der Waals surface area contributed by atoms with E-state index in [0.29, 0.717) is 63.8 Å². The Morgan fingerprint density at radius 2 is 1.68 bits per heavy atom. The minimum atomic E-state index is -0.397. The summed E-state index contributed by atoms with van der Waals surface area (Å²) in [5, 5.41) is 2.91. The molecule has 0 spiro atoms. The molecule has 5 aromatic rings. The van der Waals surface area contributed by atoms with E-state index >= 15 is 0 Å². The molecule has 12 heteroatoms. The minimum Gasteiger partial charge on any atom is -0.495 e. The largest absolute Gasteiger partial charge is 0.495 e. The van der Waals surface area contributed by atoms with Gasteiger partial charge in [0.05, 0.1) is 36.2 Å². The Kier molecular flexibility index (Phi) is 11.9. The first-order chi connectivity index (χ1) is 25.7. The molecular formula is C41H46N6O6. The molecule has 3 amide bonds. The predicted octanol–water partition coefficient (Wildman–Crippen LogP) is 6.91. The molecule has 1 aliphatic rings. The number of carbonyl (C=O) groups is 3. The van der Waals surface area contributed by atoms with Crippen LogP contribution in [0.15, 0.2) is 84.9 Å². The normalized spacial score (nSPS) is 13.1. The van der Waals surface area contributed by atoms with E-state index in [2.05, 4.69) is 27.2 Å². The highest BCUT2D eigenvalue weighted by Gasteiger charge is 2.22. The van der Waals surface area contributed by atoms with Crippen LogP contribution < -0.4 is 24.4 Å². The second-order valence-corrected chi connectivity index (χ2v) is 13.2. The van der Waals surface area contributed by atoms with Crippen molar-refractivity contribution < 1.29 is 28.6 Å². The Hall–Kier alpha value is -5.88. The van der Waals surface area contributed by atoms with Crippen LogP contribution in [0.5, 0.6) is 23.3 Å². The highest BCUT2D eigenvalue weighted by Crippen LogP contribution is 2.33. The van der Waals surface area contributed by atoms with Crippen molar-refractivity contribution in [1.82, 2.24) is 19.8 Å². The van der Waals surface area contributed by atoms with Gasteiger partial charge in [-0.1, -0.05) is 30.3 Å². The molecule has 2 N–H and O–H groups in total. The number of anilines is 2. The number of hydrogen-bond acceptors (Lipinski definition) is 8. The standard InChI is InChI=1S/C41H46N6O6/c1-28-17-20-34(36(26-28)52-25-10-6-9-16-37(48)47-23-21-45(2)22-24-47)46(3)40(50)29-18-19-32(35(27-29)51-4)42-39(49)31-14-11-15-33-38(31)44-41(43-33)53-30-12-7-5-8-13-30/h5,7-8,11-15,17-20,26-27H,6,9-10,16,21-25H2,1-4H3,(H,42,49)(H,43,44). The molecule has 0 saturated carbocycles. The summed E-state index contributed by atoms with van der Waals surface area (Å²) in [6.45, 7) is 5.88. The molecule has 12 nitrogen and oxygen atoms in total. The summed E-state index contributed by atoms with van der Waals surface area (Å²) in [6, 6.07) is 25.4. The number of unbranched alkanes of at least 4 members (excludes halogenated alkanes) is 2. The fraction of sp³-hybridized carbons (Fsp3) is 0.317. The number of aromatic amines is 1. The Bertz CT molecular complexity index is 2060. The highest BCUT2D eigenvalue weighted by molar-refractivity contribution is 6.12. The first-order valence-corrected chi connectivity index (χ1v) is 17.9. The van der Waals surface area contributed by atoms with Crippen molar-refractivity contribution in [3.05, 3.63) is 102 Å². The SMILES string of the molecule is COc1cc(C(=O)N(C)c2ccc(C)cc2OCCCCCC(=O)N2CCN(C)CC2)ccc1NC(=O)c1cccc2[nH]c(Oc3ccccc3)nc12. The average Bonchev–Trinajstić information content (AvgIpc) is 3.59. The predicted molar refractivity (Wildman–Crippen MR) is 206 cm³/mol. The Morgan fingerprint density at radius 3 is 2.45 bits per heavy atom. The fourth-order valence-electron chi connectivity index (χ4n) is 6.23. The number of piperazine rings is 1. The lowest BCUT2D eigenvalue weighted by atomic mass is 10.1. The Labute approximate surface area is 309 Å². The van der Waals surface area contributed by atoms with Crippen LogP contribution in [0.25, 0.3) is 11.0 Å². The second kappa shape index (κ2) is 17.1. The monoisotopic (exact) mass is 718 g/mol. The lowest BCUT2D eigenvalue weighted by Gasteiger charge is -2.32. The number of likely N-dealkylation sites (N-methyl/N-ethyl adjacent to an activating group) is 1. The van der Waals surface area contributed by atoms with E-state index in [1.165, 1.54) is 7.11 Å². The van der Waals surface area contributed by atoms with Crippen LogP contribution in [0.4, 0.5) is 11.4 Å². The number of hydrogen-bond donors (Lipinski definition) is 2. The third-order valence-electron chi connectivity index (χ3n) is 9.32. The van der Waals surface area contributed by atoms with Gasteiger partial charge in [0.25, 0.3) is 17.8 Å². The van der Waals surface area contributed by atoms with E-state index in [1.54, 1.807) is 42.3 Å². The third-order valence-corrected chi connectivity index (χ3v) is 9.32. The van der Waals surface area contributed by atoms with Gasteiger partial charge in [-0.15, -0.1) is 0 Å². The molecule has 1 saturated heterocycles. The topological polar surface area (TPSA) is 129 Å². The van der Waals surface area contributed by atoms with Crippen molar-refractivity contribution in [3.8, 4) is 23.3 Å². The van der Waals surface area contributed by atoms with E-state index in [-0.39, 0.29) is 17.8 Å². The second-order valence-electron chi connectivity index (χ2n) is 13.2. The molecule has 4 aromatic carbocycles. The molecule has 276 valence electrons. The number of H-pyrrole nitrogens is 1. The molecule has 1 aliphatic heterocycles. The van der Waals surface area contributed by atoms with Gasteiger partial charge in [-0.3, -0.25) is 14.4 Å². The number of fused-ring (bicyclic) bond motifs is 1. The minimum absolute atomic E-state index is 0.225. The van der Waals surface area contributed by atoms with Crippen molar-refractivity contribution in [2.45, 2.75) is 32.6 Å². The zero-order valence-electron chi connectivity index (χ0n) is 30.7. The number of aryl methyl sites for hydroxylation is 1. The Balaban J connectivity index is 1.07. The molecular weight excluding hydrogens is 672 g/mol. The van der Waals surface area contributed by atoms with Gasteiger partial charge in [-0.2, -0.15) is 4.98 Å². The number of ether oxygens (including phenoxy) is 3. The molecule has 0 bridgehead atoms. The summed E-state index contributed by atoms with van der Waals surface area (Å²) in [5.41, 5.74) is 3.85. The number of nitrogens with one attached hydrogen (secondary N) is 2. The number of aromatic nitrogens is 2. The van der Waals surface area contributed by atoms with Gasteiger partial charge < -0.3 is 39.2 Å². The maximum atomic E-state index is 13.8. The summed E-state index contributed by atoms with van der Waals surface area (Å²) in [4.78, 5) is 53.2. The quantitative estimate of drug-likeness (QED) is 0.119. The molecule has 0 unspecified atom stereocenters. The molecule has 1 aromatic heterocycles. The van der Waals surface area contributed by atoms with Gasteiger partial charge in [0.2, 0.25) is 5.91 Å². The highest BCUT2D eigenvalue weighted by atomic mass is 16.5. The smallest absolute Gasteiger partial charge is 0.300 e. The first-order valence-electron chi connectivity index (χ1n) is 17.9. The first kappa shape index (κ1) is 36.9. The number of rotatable bonds is 14. The fourth-order valence-corrected chi connectivity index (χ4v) is 6.23. The van der Waals surface area contributed by atoms with Gasteiger partial charge in [-0.25, -0.2) is 0 Å². The zero-order valence-corrected chi connectivity index (χ0v) is 30.7.